The molecule has 0 aliphatic heterocycles. The number of carbonyl (C=O) groups excluding carboxylic acids is 3. The standard InChI is InChI=1S/C12H13NO6/c1-7(15)19-10-5-3-2-4-8(10)11(17)13-12(18)9(16)6-14/h2-5,9,14,16H,6H2,1H3,(H,13,17,18). The fourth-order valence-electron chi connectivity index (χ4n) is 1.24. The fraction of sp³-hybridized carbons (Fsp3) is 0.250. The molecule has 1 unspecified atom stereocenters. The zero-order valence-electron chi connectivity index (χ0n) is 10.1. The van der Waals surface area contributed by atoms with E-state index in [-0.39, 0.29) is 11.3 Å². The first-order valence-electron chi connectivity index (χ1n) is 5.37. The Labute approximate surface area is 108 Å². The molecule has 102 valence electrons. The Bertz CT molecular complexity index is 499. The van der Waals surface area contributed by atoms with Gasteiger partial charge in [0.2, 0.25) is 0 Å². The van der Waals surface area contributed by atoms with Gasteiger partial charge in [-0.1, -0.05) is 12.1 Å². The number of aliphatic hydroxyl groups is 2. The van der Waals surface area contributed by atoms with Gasteiger partial charge in [0.1, 0.15) is 5.75 Å². The Morgan fingerprint density at radius 2 is 1.95 bits per heavy atom. The molecule has 1 atom stereocenters. The number of hydrogen-bond donors (Lipinski definition) is 3. The minimum Gasteiger partial charge on any atom is -0.426 e. The number of amides is 2. The lowest BCUT2D eigenvalue weighted by Crippen LogP contribution is -2.40. The monoisotopic (exact) mass is 267 g/mol. The van der Waals surface area contributed by atoms with Crippen LogP contribution in [0.5, 0.6) is 5.75 Å². The Morgan fingerprint density at radius 1 is 1.32 bits per heavy atom. The molecule has 0 radical (unpaired) electrons. The number of aliphatic hydroxyl groups excluding tert-OH is 2. The topological polar surface area (TPSA) is 113 Å². The summed E-state index contributed by atoms with van der Waals surface area (Å²) in [6.45, 7) is 0.375. The van der Waals surface area contributed by atoms with Crippen LogP contribution in [0.25, 0.3) is 0 Å². The van der Waals surface area contributed by atoms with E-state index >= 15 is 0 Å². The van der Waals surface area contributed by atoms with E-state index in [1.54, 1.807) is 6.07 Å². The Hall–Kier alpha value is -2.25. The SMILES string of the molecule is CC(=O)Oc1ccccc1C(=O)NC(=O)C(O)CO. The maximum absolute atomic E-state index is 11.8. The molecule has 0 spiro atoms. The molecule has 0 bridgehead atoms. The number of hydrogen-bond acceptors (Lipinski definition) is 6. The average Bonchev–Trinajstić information content (AvgIpc) is 2.37. The number of benzene rings is 1. The summed E-state index contributed by atoms with van der Waals surface area (Å²) in [5, 5.41) is 19.5. The van der Waals surface area contributed by atoms with Crippen LogP contribution in [0.4, 0.5) is 0 Å². The van der Waals surface area contributed by atoms with Crippen LogP contribution in [0.3, 0.4) is 0 Å². The summed E-state index contributed by atoms with van der Waals surface area (Å²) in [4.78, 5) is 33.9. The first-order valence-corrected chi connectivity index (χ1v) is 5.37. The van der Waals surface area contributed by atoms with Crippen molar-refractivity contribution in [2.45, 2.75) is 13.0 Å². The van der Waals surface area contributed by atoms with E-state index in [2.05, 4.69) is 0 Å². The van der Waals surface area contributed by atoms with Gasteiger partial charge in [0.05, 0.1) is 12.2 Å². The van der Waals surface area contributed by atoms with Crippen molar-refractivity contribution in [3.63, 3.8) is 0 Å². The van der Waals surface area contributed by atoms with Gasteiger partial charge in [0, 0.05) is 6.92 Å². The molecule has 7 heteroatoms. The van der Waals surface area contributed by atoms with Crippen LogP contribution in [0.2, 0.25) is 0 Å². The summed E-state index contributed by atoms with van der Waals surface area (Å²) in [5.41, 5.74) is -0.0313. The van der Waals surface area contributed by atoms with Gasteiger partial charge in [0.25, 0.3) is 11.8 Å². The highest BCUT2D eigenvalue weighted by Gasteiger charge is 2.20. The Kier molecular flexibility index (Phi) is 5.16. The third kappa shape index (κ3) is 4.16. The summed E-state index contributed by atoms with van der Waals surface area (Å²) >= 11 is 0. The highest BCUT2D eigenvalue weighted by atomic mass is 16.5. The van der Waals surface area contributed by atoms with Gasteiger partial charge in [-0.3, -0.25) is 19.7 Å². The largest absolute Gasteiger partial charge is 0.426 e. The van der Waals surface area contributed by atoms with Crippen molar-refractivity contribution in [1.29, 1.82) is 0 Å². The molecule has 19 heavy (non-hydrogen) atoms. The van der Waals surface area contributed by atoms with E-state index in [1.165, 1.54) is 25.1 Å². The van der Waals surface area contributed by atoms with Crippen molar-refractivity contribution in [2.75, 3.05) is 6.61 Å². The molecule has 1 aromatic carbocycles. The van der Waals surface area contributed by atoms with Gasteiger partial charge < -0.3 is 14.9 Å². The predicted molar refractivity (Wildman–Crippen MR) is 63.3 cm³/mol. The van der Waals surface area contributed by atoms with Crippen LogP contribution in [0.1, 0.15) is 17.3 Å². The minimum atomic E-state index is -1.69. The van der Waals surface area contributed by atoms with Crippen molar-refractivity contribution in [3.05, 3.63) is 29.8 Å². The van der Waals surface area contributed by atoms with Crippen LogP contribution in [-0.4, -0.2) is 40.7 Å². The van der Waals surface area contributed by atoms with Crippen LogP contribution in [0.15, 0.2) is 24.3 Å². The zero-order chi connectivity index (χ0) is 14.4. The molecular weight excluding hydrogens is 254 g/mol. The predicted octanol–water partition coefficient (Wildman–Crippen LogP) is -0.779. The molecule has 0 fully saturated rings. The summed E-state index contributed by atoms with van der Waals surface area (Å²) < 4.78 is 4.81. The molecule has 1 aromatic rings. The molecule has 0 heterocycles. The lowest BCUT2D eigenvalue weighted by atomic mass is 10.2. The van der Waals surface area contributed by atoms with E-state index in [4.69, 9.17) is 14.9 Å². The van der Waals surface area contributed by atoms with Crippen molar-refractivity contribution in [2.24, 2.45) is 0 Å². The van der Waals surface area contributed by atoms with Crippen LogP contribution in [-0.2, 0) is 9.59 Å². The summed E-state index contributed by atoms with van der Waals surface area (Å²) in [6, 6.07) is 5.82. The highest BCUT2D eigenvalue weighted by molar-refractivity contribution is 6.07. The van der Waals surface area contributed by atoms with Gasteiger partial charge in [0.15, 0.2) is 6.10 Å². The molecule has 0 aliphatic rings. The van der Waals surface area contributed by atoms with E-state index in [9.17, 15) is 14.4 Å². The van der Waals surface area contributed by atoms with Gasteiger partial charge in [-0.05, 0) is 12.1 Å². The van der Waals surface area contributed by atoms with Gasteiger partial charge in [-0.2, -0.15) is 0 Å². The third-order valence-electron chi connectivity index (χ3n) is 2.10. The summed E-state index contributed by atoms with van der Waals surface area (Å²) in [5.74, 6) is -2.49. The van der Waals surface area contributed by atoms with Crippen LogP contribution >= 0.6 is 0 Å². The second-order valence-corrected chi connectivity index (χ2v) is 3.61. The Balaban J connectivity index is 2.88. The van der Waals surface area contributed by atoms with Crippen molar-refractivity contribution >= 4 is 17.8 Å². The number of ether oxygens (including phenoxy) is 1. The second kappa shape index (κ2) is 6.62. The Morgan fingerprint density at radius 3 is 2.53 bits per heavy atom. The first-order chi connectivity index (χ1) is 8.95. The van der Waals surface area contributed by atoms with E-state index in [0.29, 0.717) is 0 Å². The van der Waals surface area contributed by atoms with E-state index < -0.39 is 30.5 Å². The van der Waals surface area contributed by atoms with Crippen molar-refractivity contribution in [3.8, 4) is 5.75 Å². The molecule has 0 saturated heterocycles. The molecular formula is C12H13NO6. The number of para-hydroxylation sites is 1. The maximum atomic E-state index is 11.8. The van der Waals surface area contributed by atoms with Crippen molar-refractivity contribution in [1.82, 2.24) is 5.32 Å². The number of carbonyl (C=O) groups is 3. The van der Waals surface area contributed by atoms with Gasteiger partial charge >= 0.3 is 5.97 Å². The molecule has 0 aromatic heterocycles. The number of nitrogens with one attached hydrogen (secondary N) is 1. The van der Waals surface area contributed by atoms with E-state index in [1.807, 2.05) is 5.32 Å². The first kappa shape index (κ1) is 14.8. The van der Waals surface area contributed by atoms with Crippen LogP contribution in [0, 0.1) is 0 Å². The minimum absolute atomic E-state index is 0.00112. The van der Waals surface area contributed by atoms with Crippen molar-refractivity contribution < 1.29 is 29.3 Å². The fourth-order valence-corrected chi connectivity index (χ4v) is 1.24. The average molecular weight is 267 g/mol. The number of rotatable bonds is 4. The molecule has 1 rings (SSSR count). The smallest absolute Gasteiger partial charge is 0.308 e. The van der Waals surface area contributed by atoms with Gasteiger partial charge in [-0.25, -0.2) is 0 Å². The summed E-state index contributed by atoms with van der Waals surface area (Å²) in [6.07, 6.45) is -1.69. The molecule has 2 amide bonds. The molecule has 3 N–H and O–H groups in total. The van der Waals surface area contributed by atoms with E-state index in [0.717, 1.165) is 0 Å². The number of esters is 1. The van der Waals surface area contributed by atoms with Crippen LogP contribution < -0.4 is 10.1 Å². The zero-order valence-corrected chi connectivity index (χ0v) is 10.1. The quantitative estimate of drug-likeness (QED) is 0.487. The second-order valence-electron chi connectivity index (χ2n) is 3.61. The molecule has 0 aliphatic carbocycles. The lowest BCUT2D eigenvalue weighted by molar-refractivity contribution is -0.132. The highest BCUT2D eigenvalue weighted by Crippen LogP contribution is 2.17. The normalized spacial score (nSPS) is 11.5. The maximum Gasteiger partial charge on any atom is 0.308 e. The third-order valence-corrected chi connectivity index (χ3v) is 2.10. The number of imide groups is 1. The summed E-state index contributed by atoms with van der Waals surface area (Å²) in [7, 11) is 0. The molecule has 7 nitrogen and oxygen atoms in total. The molecule has 0 saturated carbocycles. The lowest BCUT2D eigenvalue weighted by Gasteiger charge is -2.10. The van der Waals surface area contributed by atoms with Gasteiger partial charge in [-0.15, -0.1) is 0 Å².